The number of aromatic nitrogens is 3. The van der Waals surface area contributed by atoms with Gasteiger partial charge in [-0.05, 0) is 61.1 Å². The van der Waals surface area contributed by atoms with Gasteiger partial charge in [-0.25, -0.2) is 9.37 Å². The zero-order chi connectivity index (χ0) is 24.1. The van der Waals surface area contributed by atoms with Crippen LogP contribution in [0.3, 0.4) is 0 Å². The number of amides is 1. The van der Waals surface area contributed by atoms with Crippen molar-refractivity contribution in [2.24, 2.45) is 18.7 Å². The van der Waals surface area contributed by atoms with Gasteiger partial charge in [0.25, 0.3) is 5.91 Å². The highest BCUT2D eigenvalue weighted by Gasteiger charge is 2.30. The lowest BCUT2D eigenvalue weighted by Crippen LogP contribution is -2.51. The fourth-order valence-corrected chi connectivity index (χ4v) is 5.16. The Morgan fingerprint density at radius 1 is 1.06 bits per heavy atom. The Morgan fingerprint density at radius 3 is 2.57 bits per heavy atom. The number of hydrogen-bond acceptors (Lipinski definition) is 3. The molecule has 0 spiro atoms. The van der Waals surface area contributed by atoms with Crippen LogP contribution < -0.4 is 5.73 Å². The molecule has 7 heteroatoms. The summed E-state index contributed by atoms with van der Waals surface area (Å²) in [5, 5.41) is 0. The van der Waals surface area contributed by atoms with E-state index in [0.717, 1.165) is 29.1 Å². The average molecular weight is 472 g/mol. The number of likely N-dealkylation sites (tertiary alicyclic amines) is 1. The molecule has 2 aromatic carbocycles. The number of hydrogen-bond donors (Lipinski definition) is 1. The molecule has 3 heterocycles. The first-order valence-electron chi connectivity index (χ1n) is 12.4. The molecule has 6 nitrogen and oxygen atoms in total. The Hall–Kier alpha value is -3.45. The minimum absolute atomic E-state index is 0.120. The van der Waals surface area contributed by atoms with E-state index >= 15 is 0 Å². The molecular formula is C28H30FN5O. The number of imidazole rings is 1. The second kappa shape index (κ2) is 8.64. The fraction of sp³-hybridized carbons (Fsp3) is 0.357. The molecule has 2 atom stereocenters. The standard InChI is InChI=1S/C28H30FN5O/c1-32-25-10-9-20(28(35)33-14-13-21(29)22(30)17-33)15-23(25)31-27(32)26-12-11-24(19-5-3-2-4-6-19)34(26)16-18-7-8-18/h2-6,9-12,15,18,21-22H,7-8,13-14,16-17,30H2,1H3/t21-,22-/m0/s1. The Balaban J connectivity index is 1.37. The van der Waals surface area contributed by atoms with Crippen LogP contribution in [0.5, 0.6) is 0 Å². The molecule has 0 bridgehead atoms. The van der Waals surface area contributed by atoms with Gasteiger partial charge in [-0.3, -0.25) is 4.79 Å². The van der Waals surface area contributed by atoms with Crippen molar-refractivity contribution in [1.29, 1.82) is 0 Å². The Labute approximate surface area is 204 Å². The van der Waals surface area contributed by atoms with Crippen LogP contribution in [-0.2, 0) is 13.6 Å². The highest BCUT2D eigenvalue weighted by molar-refractivity contribution is 5.98. The van der Waals surface area contributed by atoms with E-state index in [4.69, 9.17) is 10.7 Å². The summed E-state index contributed by atoms with van der Waals surface area (Å²) >= 11 is 0. The summed E-state index contributed by atoms with van der Waals surface area (Å²) in [5.41, 5.74) is 11.7. The summed E-state index contributed by atoms with van der Waals surface area (Å²) in [7, 11) is 2.02. The third-order valence-electron chi connectivity index (χ3n) is 7.40. The van der Waals surface area contributed by atoms with Crippen LogP contribution in [-0.4, -0.2) is 50.2 Å². The van der Waals surface area contributed by atoms with E-state index in [2.05, 4.69) is 45.5 Å². The van der Waals surface area contributed by atoms with E-state index in [1.54, 1.807) is 4.90 Å². The number of nitrogens with two attached hydrogens (primary N) is 1. The van der Waals surface area contributed by atoms with Crippen LogP contribution in [0.2, 0.25) is 0 Å². The van der Waals surface area contributed by atoms with Gasteiger partial charge in [0, 0.05) is 37.9 Å². The molecule has 1 aliphatic heterocycles. The van der Waals surface area contributed by atoms with Gasteiger partial charge in [0.15, 0.2) is 5.82 Å². The summed E-state index contributed by atoms with van der Waals surface area (Å²) in [6.45, 7) is 1.60. The largest absolute Gasteiger partial charge is 0.338 e. The molecule has 1 saturated carbocycles. The molecule has 4 aromatic rings. The van der Waals surface area contributed by atoms with Gasteiger partial charge in [0.2, 0.25) is 0 Å². The molecule has 2 N–H and O–H groups in total. The van der Waals surface area contributed by atoms with Crippen LogP contribution >= 0.6 is 0 Å². The van der Waals surface area contributed by atoms with Gasteiger partial charge < -0.3 is 19.8 Å². The number of alkyl halides is 1. The van der Waals surface area contributed by atoms with Crippen molar-refractivity contribution in [3.8, 4) is 22.8 Å². The molecule has 2 fully saturated rings. The van der Waals surface area contributed by atoms with E-state index in [0.29, 0.717) is 18.0 Å². The predicted octanol–water partition coefficient (Wildman–Crippen LogP) is 4.63. The second-order valence-corrected chi connectivity index (χ2v) is 9.94. The first-order chi connectivity index (χ1) is 17.0. The van der Waals surface area contributed by atoms with Crippen LogP contribution in [0.1, 0.15) is 29.6 Å². The third kappa shape index (κ3) is 4.04. The molecule has 2 aromatic heterocycles. The van der Waals surface area contributed by atoms with Gasteiger partial charge in [0.1, 0.15) is 6.17 Å². The van der Waals surface area contributed by atoms with Crippen LogP contribution in [0.4, 0.5) is 4.39 Å². The van der Waals surface area contributed by atoms with Gasteiger partial charge in [-0.15, -0.1) is 0 Å². The fourth-order valence-electron chi connectivity index (χ4n) is 5.16. The Kier molecular flexibility index (Phi) is 5.44. The van der Waals surface area contributed by atoms with Crippen molar-refractivity contribution >= 4 is 16.9 Å². The number of carbonyl (C=O) groups is 1. The molecule has 35 heavy (non-hydrogen) atoms. The number of nitrogens with zero attached hydrogens (tertiary/aromatic N) is 4. The lowest BCUT2D eigenvalue weighted by atomic mass is 10.0. The number of halogens is 1. The summed E-state index contributed by atoms with van der Waals surface area (Å²) < 4.78 is 18.3. The smallest absolute Gasteiger partial charge is 0.253 e. The van der Waals surface area contributed by atoms with Crippen molar-refractivity contribution in [3.63, 3.8) is 0 Å². The number of fused-ring (bicyclic) bond motifs is 1. The average Bonchev–Trinajstić information content (AvgIpc) is 3.51. The van der Waals surface area contributed by atoms with Crippen LogP contribution in [0.15, 0.2) is 60.7 Å². The highest BCUT2D eigenvalue weighted by Crippen LogP contribution is 2.37. The maximum absolute atomic E-state index is 13.8. The lowest BCUT2D eigenvalue weighted by Gasteiger charge is -2.33. The molecule has 180 valence electrons. The summed E-state index contributed by atoms with van der Waals surface area (Å²) in [6, 6.07) is 19.8. The third-order valence-corrected chi connectivity index (χ3v) is 7.40. The summed E-state index contributed by atoms with van der Waals surface area (Å²) in [5.74, 6) is 1.47. The lowest BCUT2D eigenvalue weighted by molar-refractivity contribution is 0.0630. The van der Waals surface area contributed by atoms with E-state index in [1.807, 2.05) is 31.3 Å². The maximum Gasteiger partial charge on any atom is 0.253 e. The van der Waals surface area contributed by atoms with Crippen LogP contribution in [0.25, 0.3) is 33.8 Å². The Morgan fingerprint density at radius 2 is 1.83 bits per heavy atom. The molecule has 6 rings (SSSR count). The second-order valence-electron chi connectivity index (χ2n) is 9.94. The molecule has 0 radical (unpaired) electrons. The van der Waals surface area contributed by atoms with Crippen molar-refractivity contribution in [2.75, 3.05) is 13.1 Å². The van der Waals surface area contributed by atoms with Gasteiger partial charge in [-0.1, -0.05) is 30.3 Å². The van der Waals surface area contributed by atoms with Crippen molar-refractivity contribution in [3.05, 3.63) is 66.2 Å². The van der Waals surface area contributed by atoms with Crippen molar-refractivity contribution in [2.45, 2.75) is 38.0 Å². The minimum Gasteiger partial charge on any atom is -0.338 e. The number of benzene rings is 2. The molecular weight excluding hydrogens is 441 g/mol. The van der Waals surface area contributed by atoms with Gasteiger partial charge >= 0.3 is 0 Å². The molecule has 1 aliphatic carbocycles. The highest BCUT2D eigenvalue weighted by atomic mass is 19.1. The SMILES string of the molecule is Cn1c(-c2ccc(-c3ccccc3)n2CC2CC2)nc2cc(C(=O)N3CC[C@H](F)[C@@H](N)C3)ccc21. The molecule has 2 aliphatic rings. The first kappa shape index (κ1) is 22.0. The normalized spacial score (nSPS) is 20.5. The maximum atomic E-state index is 13.8. The predicted molar refractivity (Wildman–Crippen MR) is 136 cm³/mol. The van der Waals surface area contributed by atoms with Crippen molar-refractivity contribution < 1.29 is 9.18 Å². The minimum atomic E-state index is -1.05. The van der Waals surface area contributed by atoms with E-state index in [9.17, 15) is 9.18 Å². The number of rotatable bonds is 5. The van der Waals surface area contributed by atoms with Crippen LogP contribution in [0, 0.1) is 5.92 Å². The number of carbonyl (C=O) groups excluding carboxylic acids is 1. The summed E-state index contributed by atoms with van der Waals surface area (Å²) in [4.78, 5) is 19.7. The van der Waals surface area contributed by atoms with Gasteiger partial charge in [0.05, 0.1) is 22.8 Å². The Bertz CT molecular complexity index is 1390. The van der Waals surface area contributed by atoms with E-state index in [1.165, 1.54) is 24.1 Å². The molecule has 0 unspecified atom stereocenters. The van der Waals surface area contributed by atoms with E-state index in [-0.39, 0.29) is 18.9 Å². The monoisotopic (exact) mass is 471 g/mol. The quantitative estimate of drug-likeness (QED) is 0.461. The summed E-state index contributed by atoms with van der Waals surface area (Å²) in [6.07, 6.45) is 1.77. The molecule has 1 saturated heterocycles. The van der Waals surface area contributed by atoms with E-state index < -0.39 is 12.2 Å². The number of aryl methyl sites for hydroxylation is 1. The first-order valence-corrected chi connectivity index (χ1v) is 12.4. The van der Waals surface area contributed by atoms with Crippen molar-refractivity contribution in [1.82, 2.24) is 19.0 Å². The van der Waals surface area contributed by atoms with Gasteiger partial charge in [-0.2, -0.15) is 0 Å². The zero-order valence-electron chi connectivity index (χ0n) is 19.9. The molecule has 1 amide bonds. The topological polar surface area (TPSA) is 69.1 Å². The number of piperidine rings is 1. The zero-order valence-corrected chi connectivity index (χ0v) is 19.9.